The van der Waals surface area contributed by atoms with Gasteiger partial charge in [0, 0.05) is 16.2 Å². The molecule has 0 unspecified atom stereocenters. The Kier molecular flexibility index (Phi) is 4.26. The Morgan fingerprint density at radius 3 is 1.77 bits per heavy atom. The van der Waals surface area contributed by atoms with E-state index >= 15 is 0 Å². The van der Waals surface area contributed by atoms with Crippen molar-refractivity contribution in [2.45, 2.75) is 12.3 Å². The molecule has 0 amide bonds. The summed E-state index contributed by atoms with van der Waals surface area (Å²) < 4.78 is 0. The second-order valence-corrected chi connectivity index (χ2v) is 12.4. The van der Waals surface area contributed by atoms with Crippen LogP contribution in [0.4, 0.5) is 0 Å². The van der Waals surface area contributed by atoms with Gasteiger partial charge in [0.25, 0.3) is 0 Å². The monoisotopic (exact) mass is 546 g/mol. The van der Waals surface area contributed by atoms with Crippen molar-refractivity contribution in [1.29, 1.82) is 0 Å². The summed E-state index contributed by atoms with van der Waals surface area (Å²) in [7, 11) is 0. The number of phenols is 1. The molecule has 1 aliphatic carbocycles. The molecule has 10 rings (SSSR count). The van der Waals surface area contributed by atoms with Crippen molar-refractivity contribution < 1.29 is 5.11 Å². The second kappa shape index (κ2) is 7.91. The van der Waals surface area contributed by atoms with Gasteiger partial charge >= 0.3 is 0 Å². The maximum Gasteiger partial charge on any atom is 0.123 e. The van der Waals surface area contributed by atoms with E-state index in [-0.39, 0.29) is 5.41 Å². The molecular formula is C42H26O. The molecule has 43 heavy (non-hydrogen) atoms. The van der Waals surface area contributed by atoms with Crippen LogP contribution in [0.3, 0.4) is 0 Å². The summed E-state index contributed by atoms with van der Waals surface area (Å²) in [6.07, 6.45) is 0. The Balaban J connectivity index is 1.29. The Morgan fingerprint density at radius 2 is 1.00 bits per heavy atom. The summed E-state index contributed by atoms with van der Waals surface area (Å²) in [5, 5.41) is 25.5. The highest BCUT2D eigenvalue weighted by Gasteiger charge is 2.39. The molecular weight excluding hydrogens is 520 g/mol. The normalized spacial score (nSPS) is 14.0. The molecule has 0 spiro atoms. The minimum atomic E-state index is -0.269. The molecule has 0 saturated carbocycles. The minimum Gasteiger partial charge on any atom is -0.507 e. The van der Waals surface area contributed by atoms with Gasteiger partial charge < -0.3 is 5.11 Å². The molecule has 0 bridgehead atoms. The second-order valence-electron chi connectivity index (χ2n) is 12.4. The van der Waals surface area contributed by atoms with Gasteiger partial charge in [0.2, 0.25) is 0 Å². The van der Waals surface area contributed by atoms with Gasteiger partial charge in [-0.25, -0.2) is 0 Å². The van der Waals surface area contributed by atoms with Gasteiger partial charge in [-0.05, 0) is 107 Å². The zero-order chi connectivity index (χ0) is 28.4. The SMILES string of the molecule is CC1(c2ccc3cccc(-c4cc5cccc6ccc7c(O)ccc4c7c65)c3c2)c2cccc3ccc4cccc1c4c23. The number of hydrogen-bond donors (Lipinski definition) is 1. The van der Waals surface area contributed by atoms with Crippen LogP contribution in [0, 0.1) is 0 Å². The lowest BCUT2D eigenvalue weighted by Crippen LogP contribution is -2.22. The molecule has 0 aliphatic heterocycles. The van der Waals surface area contributed by atoms with Gasteiger partial charge in [-0.1, -0.05) is 115 Å². The van der Waals surface area contributed by atoms with E-state index in [1.165, 1.54) is 81.7 Å². The van der Waals surface area contributed by atoms with Crippen LogP contribution in [0.1, 0.15) is 23.6 Å². The average Bonchev–Trinajstić information content (AvgIpc) is 3.33. The summed E-state index contributed by atoms with van der Waals surface area (Å²) in [6, 6.07) is 48.8. The zero-order valence-corrected chi connectivity index (χ0v) is 23.6. The van der Waals surface area contributed by atoms with Crippen LogP contribution in [0.2, 0.25) is 0 Å². The largest absolute Gasteiger partial charge is 0.507 e. The van der Waals surface area contributed by atoms with E-state index in [2.05, 4.69) is 134 Å². The van der Waals surface area contributed by atoms with Crippen molar-refractivity contribution >= 4 is 64.6 Å². The van der Waals surface area contributed by atoms with Crippen molar-refractivity contribution in [3.05, 3.63) is 150 Å². The smallest absolute Gasteiger partial charge is 0.123 e. The van der Waals surface area contributed by atoms with Crippen LogP contribution in [0.25, 0.3) is 75.8 Å². The van der Waals surface area contributed by atoms with Crippen LogP contribution >= 0.6 is 0 Å². The van der Waals surface area contributed by atoms with Crippen molar-refractivity contribution in [1.82, 2.24) is 0 Å². The summed E-state index contributed by atoms with van der Waals surface area (Å²) in [5.74, 6) is 0.328. The quantitative estimate of drug-likeness (QED) is 0.214. The number of benzene rings is 9. The first kappa shape index (κ1) is 23.2. The third-order valence-electron chi connectivity index (χ3n) is 10.3. The summed E-state index contributed by atoms with van der Waals surface area (Å²) in [5.41, 5.74) is 6.21. The Labute approximate surface area is 248 Å². The van der Waals surface area contributed by atoms with Crippen molar-refractivity contribution in [2.24, 2.45) is 0 Å². The predicted octanol–water partition coefficient (Wildman–Crippen LogP) is 11.1. The molecule has 9 aromatic carbocycles. The first-order valence-corrected chi connectivity index (χ1v) is 15.0. The summed E-state index contributed by atoms with van der Waals surface area (Å²) in [6.45, 7) is 2.40. The summed E-state index contributed by atoms with van der Waals surface area (Å²) >= 11 is 0. The Hall–Kier alpha value is -5.40. The summed E-state index contributed by atoms with van der Waals surface area (Å²) in [4.78, 5) is 0. The van der Waals surface area contributed by atoms with Crippen LogP contribution in [0.15, 0.2) is 133 Å². The van der Waals surface area contributed by atoms with Gasteiger partial charge in [-0.2, -0.15) is 0 Å². The van der Waals surface area contributed by atoms with Crippen LogP contribution in [-0.2, 0) is 5.41 Å². The molecule has 0 saturated heterocycles. The fraction of sp³-hybridized carbons (Fsp3) is 0.0476. The van der Waals surface area contributed by atoms with E-state index in [0.29, 0.717) is 5.75 Å². The third kappa shape index (κ3) is 2.82. The average molecular weight is 547 g/mol. The number of aromatic hydroxyl groups is 1. The van der Waals surface area contributed by atoms with Crippen LogP contribution in [-0.4, -0.2) is 5.11 Å². The molecule has 1 nitrogen and oxygen atoms in total. The van der Waals surface area contributed by atoms with Crippen molar-refractivity contribution in [3.63, 3.8) is 0 Å². The van der Waals surface area contributed by atoms with E-state index in [1.54, 1.807) is 0 Å². The topological polar surface area (TPSA) is 20.2 Å². The van der Waals surface area contributed by atoms with Crippen LogP contribution in [0.5, 0.6) is 5.75 Å². The molecule has 0 aromatic heterocycles. The van der Waals surface area contributed by atoms with E-state index in [0.717, 1.165) is 10.8 Å². The molecule has 1 aliphatic rings. The number of phenolic OH excluding ortho intramolecular Hbond substituents is 1. The van der Waals surface area contributed by atoms with Gasteiger partial charge in [0.1, 0.15) is 5.75 Å². The van der Waals surface area contributed by atoms with Gasteiger partial charge in [0.15, 0.2) is 0 Å². The van der Waals surface area contributed by atoms with Gasteiger partial charge in [-0.3, -0.25) is 0 Å². The Morgan fingerprint density at radius 1 is 0.419 bits per heavy atom. The maximum absolute atomic E-state index is 10.9. The number of rotatable bonds is 2. The van der Waals surface area contributed by atoms with E-state index in [9.17, 15) is 5.11 Å². The number of hydrogen-bond acceptors (Lipinski definition) is 1. The fourth-order valence-electron chi connectivity index (χ4n) is 8.30. The molecule has 9 aromatic rings. The zero-order valence-electron chi connectivity index (χ0n) is 23.6. The highest BCUT2D eigenvalue weighted by molar-refractivity contribution is 6.28. The Bertz CT molecular complexity index is 2580. The lowest BCUT2D eigenvalue weighted by atomic mass is 9.73. The van der Waals surface area contributed by atoms with Crippen molar-refractivity contribution in [3.8, 4) is 16.9 Å². The maximum atomic E-state index is 10.9. The fourth-order valence-corrected chi connectivity index (χ4v) is 8.30. The van der Waals surface area contributed by atoms with Crippen LogP contribution < -0.4 is 0 Å². The first-order chi connectivity index (χ1) is 21.1. The van der Waals surface area contributed by atoms with E-state index in [1.807, 2.05) is 6.07 Å². The lowest BCUT2D eigenvalue weighted by Gasteiger charge is -2.29. The first-order valence-electron chi connectivity index (χ1n) is 15.0. The minimum absolute atomic E-state index is 0.269. The number of fused-ring (bicyclic) bond motifs is 1. The molecule has 200 valence electrons. The molecule has 0 radical (unpaired) electrons. The standard InChI is InChI=1S/C42H26O/c1-42(35-12-4-8-26-14-15-27-9-5-13-36(42)40(27)39(26)35)29-18-16-24-6-3-11-30(33(24)23-29)34-22-28-10-2-7-25-17-19-32-37(43)21-20-31(34)41(32)38(25)28/h2-23,43H,1H3. The third-order valence-corrected chi connectivity index (χ3v) is 10.3. The van der Waals surface area contributed by atoms with Crippen molar-refractivity contribution in [2.75, 3.05) is 0 Å². The molecule has 1 N–H and O–H groups in total. The predicted molar refractivity (Wildman–Crippen MR) is 182 cm³/mol. The highest BCUT2D eigenvalue weighted by Crippen LogP contribution is 2.53. The highest BCUT2D eigenvalue weighted by atomic mass is 16.3. The van der Waals surface area contributed by atoms with E-state index < -0.39 is 0 Å². The van der Waals surface area contributed by atoms with Gasteiger partial charge in [0.05, 0.1) is 0 Å². The molecule has 0 atom stereocenters. The van der Waals surface area contributed by atoms with Gasteiger partial charge in [-0.15, -0.1) is 0 Å². The molecule has 0 fully saturated rings. The lowest BCUT2D eigenvalue weighted by molar-refractivity contribution is 0.482. The molecule has 0 heterocycles. The van der Waals surface area contributed by atoms with E-state index in [4.69, 9.17) is 0 Å². The molecule has 1 heteroatoms.